The molecule has 0 radical (unpaired) electrons. The van der Waals surface area contributed by atoms with Gasteiger partial charge in [-0.15, -0.1) is 0 Å². The van der Waals surface area contributed by atoms with E-state index in [0.29, 0.717) is 5.82 Å². The van der Waals surface area contributed by atoms with Crippen LogP contribution in [0.3, 0.4) is 0 Å². The summed E-state index contributed by atoms with van der Waals surface area (Å²) in [6, 6.07) is 0. The molecule has 102 valence electrons. The highest BCUT2D eigenvalue weighted by Gasteiger charge is 2.20. The van der Waals surface area contributed by atoms with E-state index in [0.717, 1.165) is 24.2 Å². The normalized spacial score (nSPS) is 14.1. The first-order valence-corrected chi connectivity index (χ1v) is 6.12. The molecule has 0 fully saturated rings. The molecule has 6 heteroatoms. The van der Waals surface area contributed by atoms with Gasteiger partial charge in [-0.25, -0.2) is 9.97 Å². The van der Waals surface area contributed by atoms with Crippen molar-refractivity contribution in [2.45, 2.75) is 32.3 Å². The van der Waals surface area contributed by atoms with Gasteiger partial charge in [0.2, 0.25) is 0 Å². The Kier molecular flexibility index (Phi) is 5.30. The lowest BCUT2D eigenvalue weighted by Gasteiger charge is -2.22. The minimum Gasteiger partial charge on any atom is -0.393 e. The predicted octanol–water partition coefficient (Wildman–Crippen LogP) is 0.626. The van der Waals surface area contributed by atoms with E-state index in [2.05, 4.69) is 27.5 Å². The first-order valence-electron chi connectivity index (χ1n) is 6.12. The van der Waals surface area contributed by atoms with Crippen molar-refractivity contribution >= 4 is 11.6 Å². The second kappa shape index (κ2) is 6.51. The number of nitrogens with one attached hydrogen (secondary N) is 2. The van der Waals surface area contributed by atoms with Crippen LogP contribution in [-0.4, -0.2) is 46.0 Å². The number of anilines is 2. The summed E-state index contributed by atoms with van der Waals surface area (Å²) in [5.74, 6) is 1.49. The second-order valence-electron chi connectivity index (χ2n) is 4.56. The summed E-state index contributed by atoms with van der Waals surface area (Å²) in [6.07, 6.45) is 3.30. The SMILES string of the molecule is CCCc1c(NC)ncnc1NCC(C)(O)CO. The zero-order valence-corrected chi connectivity index (χ0v) is 11.2. The largest absolute Gasteiger partial charge is 0.393 e. The standard InChI is InChI=1S/C12H22N4O2/c1-4-5-9-10(13-3)15-8-16-11(9)14-6-12(2,18)7-17/h8,17-18H,4-7H2,1-3H3,(H2,13,14,15,16). The minimum absolute atomic E-state index is 0.236. The molecule has 1 atom stereocenters. The van der Waals surface area contributed by atoms with Gasteiger partial charge in [0.05, 0.1) is 6.61 Å². The zero-order valence-electron chi connectivity index (χ0n) is 11.2. The summed E-state index contributed by atoms with van der Waals surface area (Å²) in [5, 5.41) is 24.9. The number of nitrogens with zero attached hydrogens (tertiary/aromatic N) is 2. The summed E-state index contributed by atoms with van der Waals surface area (Å²) >= 11 is 0. The van der Waals surface area contributed by atoms with Crippen LogP contribution in [0.25, 0.3) is 0 Å². The van der Waals surface area contributed by atoms with Crippen molar-refractivity contribution in [2.75, 3.05) is 30.8 Å². The van der Waals surface area contributed by atoms with E-state index in [9.17, 15) is 5.11 Å². The van der Waals surface area contributed by atoms with Gasteiger partial charge in [-0.3, -0.25) is 0 Å². The average molecular weight is 254 g/mol. The monoisotopic (exact) mass is 254 g/mol. The Hall–Kier alpha value is -1.40. The van der Waals surface area contributed by atoms with Crippen LogP contribution in [0, 0.1) is 0 Å². The molecule has 0 spiro atoms. The molecule has 0 saturated carbocycles. The maximum atomic E-state index is 9.76. The van der Waals surface area contributed by atoms with Gasteiger partial charge in [0.1, 0.15) is 23.6 Å². The zero-order chi connectivity index (χ0) is 13.6. The van der Waals surface area contributed by atoms with Crippen LogP contribution in [0.5, 0.6) is 0 Å². The van der Waals surface area contributed by atoms with Crippen LogP contribution in [-0.2, 0) is 6.42 Å². The number of hydrogen-bond acceptors (Lipinski definition) is 6. The van der Waals surface area contributed by atoms with Gasteiger partial charge in [0.15, 0.2) is 0 Å². The lowest BCUT2D eigenvalue weighted by molar-refractivity contribution is 0.0131. The molecule has 18 heavy (non-hydrogen) atoms. The molecule has 1 aromatic rings. The molecule has 6 nitrogen and oxygen atoms in total. The van der Waals surface area contributed by atoms with Gasteiger partial charge in [0.25, 0.3) is 0 Å². The number of aromatic nitrogens is 2. The first-order chi connectivity index (χ1) is 8.54. The maximum absolute atomic E-state index is 9.76. The fourth-order valence-corrected chi connectivity index (χ4v) is 1.60. The molecule has 0 saturated heterocycles. The highest BCUT2D eigenvalue weighted by atomic mass is 16.3. The molecule has 0 amide bonds. The van der Waals surface area contributed by atoms with Crippen molar-refractivity contribution in [2.24, 2.45) is 0 Å². The summed E-state index contributed by atoms with van der Waals surface area (Å²) in [7, 11) is 1.81. The average Bonchev–Trinajstić information content (AvgIpc) is 2.38. The number of aliphatic hydroxyl groups is 2. The van der Waals surface area contributed by atoms with Crippen molar-refractivity contribution < 1.29 is 10.2 Å². The molecule has 0 aliphatic rings. The van der Waals surface area contributed by atoms with Gasteiger partial charge in [-0.1, -0.05) is 13.3 Å². The highest BCUT2D eigenvalue weighted by molar-refractivity contribution is 5.57. The number of hydrogen-bond donors (Lipinski definition) is 4. The number of rotatable bonds is 7. The molecule has 1 rings (SSSR count). The Morgan fingerprint density at radius 1 is 1.33 bits per heavy atom. The van der Waals surface area contributed by atoms with Crippen LogP contribution in [0.15, 0.2) is 6.33 Å². The molecule has 0 aliphatic carbocycles. The van der Waals surface area contributed by atoms with Gasteiger partial charge in [-0.2, -0.15) is 0 Å². The Balaban J connectivity index is 2.87. The predicted molar refractivity (Wildman–Crippen MR) is 71.8 cm³/mol. The van der Waals surface area contributed by atoms with Crippen molar-refractivity contribution in [3.63, 3.8) is 0 Å². The first kappa shape index (κ1) is 14.7. The molecule has 1 unspecified atom stereocenters. The molecular formula is C12H22N4O2. The van der Waals surface area contributed by atoms with Crippen molar-refractivity contribution in [1.29, 1.82) is 0 Å². The Bertz CT molecular complexity index is 382. The highest BCUT2D eigenvalue weighted by Crippen LogP contribution is 2.21. The lowest BCUT2D eigenvalue weighted by Crippen LogP contribution is -2.37. The molecule has 0 aromatic carbocycles. The van der Waals surface area contributed by atoms with E-state index in [-0.39, 0.29) is 13.2 Å². The van der Waals surface area contributed by atoms with Crippen LogP contribution < -0.4 is 10.6 Å². The van der Waals surface area contributed by atoms with Crippen LogP contribution in [0.2, 0.25) is 0 Å². The molecular weight excluding hydrogens is 232 g/mol. The smallest absolute Gasteiger partial charge is 0.134 e. The van der Waals surface area contributed by atoms with Gasteiger partial charge in [0, 0.05) is 19.2 Å². The van der Waals surface area contributed by atoms with Crippen molar-refractivity contribution in [3.8, 4) is 0 Å². The molecule has 1 heterocycles. The summed E-state index contributed by atoms with van der Waals surface area (Å²) in [6.45, 7) is 3.59. The molecule has 4 N–H and O–H groups in total. The van der Waals surface area contributed by atoms with Crippen LogP contribution in [0.1, 0.15) is 25.8 Å². The third kappa shape index (κ3) is 3.82. The van der Waals surface area contributed by atoms with Crippen molar-refractivity contribution in [1.82, 2.24) is 9.97 Å². The van der Waals surface area contributed by atoms with E-state index >= 15 is 0 Å². The van der Waals surface area contributed by atoms with Crippen LogP contribution in [0.4, 0.5) is 11.6 Å². The third-order valence-corrected chi connectivity index (χ3v) is 2.66. The fraction of sp³-hybridized carbons (Fsp3) is 0.667. The van der Waals surface area contributed by atoms with E-state index < -0.39 is 5.60 Å². The summed E-state index contributed by atoms with van der Waals surface area (Å²) < 4.78 is 0. The second-order valence-corrected chi connectivity index (χ2v) is 4.56. The number of aliphatic hydroxyl groups excluding tert-OH is 1. The Labute approximate surface area is 107 Å². The third-order valence-electron chi connectivity index (χ3n) is 2.66. The summed E-state index contributed by atoms with van der Waals surface area (Å²) in [5.41, 5.74) is -0.162. The molecule has 0 bridgehead atoms. The lowest BCUT2D eigenvalue weighted by atomic mass is 10.1. The summed E-state index contributed by atoms with van der Waals surface area (Å²) in [4.78, 5) is 8.36. The topological polar surface area (TPSA) is 90.3 Å². The van der Waals surface area contributed by atoms with E-state index in [1.807, 2.05) is 7.05 Å². The molecule has 1 aromatic heterocycles. The van der Waals surface area contributed by atoms with E-state index in [4.69, 9.17) is 5.11 Å². The Morgan fingerprint density at radius 3 is 2.56 bits per heavy atom. The van der Waals surface area contributed by atoms with Crippen molar-refractivity contribution in [3.05, 3.63) is 11.9 Å². The van der Waals surface area contributed by atoms with Gasteiger partial charge >= 0.3 is 0 Å². The Morgan fingerprint density at radius 2 is 2.00 bits per heavy atom. The van der Waals surface area contributed by atoms with E-state index in [1.54, 1.807) is 6.92 Å². The fourth-order valence-electron chi connectivity index (χ4n) is 1.60. The van der Waals surface area contributed by atoms with Crippen LogP contribution >= 0.6 is 0 Å². The minimum atomic E-state index is -1.16. The quantitative estimate of drug-likeness (QED) is 0.570. The molecule has 0 aliphatic heterocycles. The van der Waals surface area contributed by atoms with E-state index in [1.165, 1.54) is 6.33 Å². The maximum Gasteiger partial charge on any atom is 0.134 e. The van der Waals surface area contributed by atoms with Gasteiger partial charge in [-0.05, 0) is 13.3 Å². The van der Waals surface area contributed by atoms with Gasteiger partial charge < -0.3 is 20.8 Å².